The first-order valence-electron chi connectivity index (χ1n) is 11.2. The minimum Gasteiger partial charge on any atom is -0.378 e. The van der Waals surface area contributed by atoms with E-state index in [2.05, 4.69) is 15.2 Å². The summed E-state index contributed by atoms with van der Waals surface area (Å²) < 4.78 is 31.5. The van der Waals surface area contributed by atoms with Crippen molar-refractivity contribution in [3.63, 3.8) is 0 Å². The first-order chi connectivity index (χ1) is 15.3. The standard InChI is InChI=1S/C24H31N3O4S/c1-18-5-6-19(2)21(15-18)32(29,30)24(8-3-4-9-24)23(28)26-17-20-7-10-25-22(16-20)27-11-13-31-14-12-27/h5-7,10,15-16H,3-4,8-9,11-14,17H2,1-2H3,(H,26,28). The molecular weight excluding hydrogens is 426 g/mol. The average Bonchev–Trinajstić information content (AvgIpc) is 3.32. The van der Waals surface area contributed by atoms with E-state index in [0.717, 1.165) is 42.9 Å². The Hall–Kier alpha value is -2.45. The van der Waals surface area contributed by atoms with Crippen LogP contribution in [0, 0.1) is 13.8 Å². The highest BCUT2D eigenvalue weighted by atomic mass is 32.2. The summed E-state index contributed by atoms with van der Waals surface area (Å²) in [6.07, 6.45) is 3.89. The van der Waals surface area contributed by atoms with Crippen LogP contribution in [0.5, 0.6) is 0 Å². The topological polar surface area (TPSA) is 88.6 Å². The van der Waals surface area contributed by atoms with Crippen LogP contribution in [0.3, 0.4) is 0 Å². The maximum atomic E-state index is 13.8. The second-order valence-corrected chi connectivity index (χ2v) is 11.0. The molecule has 2 aliphatic rings. The molecule has 0 atom stereocenters. The molecule has 1 aromatic carbocycles. The number of ether oxygens (including phenoxy) is 1. The average molecular weight is 458 g/mol. The van der Waals surface area contributed by atoms with E-state index in [1.807, 2.05) is 31.2 Å². The summed E-state index contributed by atoms with van der Waals surface area (Å²) in [5.74, 6) is 0.444. The number of rotatable bonds is 6. The van der Waals surface area contributed by atoms with Gasteiger partial charge in [-0.3, -0.25) is 4.79 Å². The van der Waals surface area contributed by atoms with Crippen molar-refractivity contribution in [2.45, 2.75) is 55.7 Å². The highest BCUT2D eigenvalue weighted by molar-refractivity contribution is 7.93. The van der Waals surface area contributed by atoms with Crippen LogP contribution in [0.15, 0.2) is 41.4 Å². The Morgan fingerprint density at radius 1 is 1.12 bits per heavy atom. The van der Waals surface area contributed by atoms with Crippen LogP contribution < -0.4 is 10.2 Å². The van der Waals surface area contributed by atoms with E-state index in [0.29, 0.717) is 31.6 Å². The van der Waals surface area contributed by atoms with Crippen molar-refractivity contribution >= 4 is 21.6 Å². The van der Waals surface area contributed by atoms with Gasteiger partial charge in [0.1, 0.15) is 5.82 Å². The van der Waals surface area contributed by atoms with Crippen molar-refractivity contribution in [1.29, 1.82) is 0 Å². The minimum absolute atomic E-state index is 0.267. The Balaban J connectivity index is 1.55. The number of nitrogens with zero attached hydrogens (tertiary/aromatic N) is 2. The Morgan fingerprint density at radius 3 is 2.56 bits per heavy atom. The van der Waals surface area contributed by atoms with Crippen LogP contribution in [0.1, 0.15) is 42.4 Å². The molecule has 0 radical (unpaired) electrons. The van der Waals surface area contributed by atoms with E-state index in [1.165, 1.54) is 0 Å². The van der Waals surface area contributed by atoms with Crippen molar-refractivity contribution in [1.82, 2.24) is 10.3 Å². The lowest BCUT2D eigenvalue weighted by Gasteiger charge is -2.29. The smallest absolute Gasteiger partial charge is 0.242 e. The summed E-state index contributed by atoms with van der Waals surface area (Å²) in [6.45, 7) is 6.82. The van der Waals surface area contributed by atoms with Gasteiger partial charge in [-0.25, -0.2) is 13.4 Å². The molecule has 2 heterocycles. The second-order valence-electron chi connectivity index (χ2n) is 8.78. The molecule has 1 N–H and O–H groups in total. The number of hydrogen-bond donors (Lipinski definition) is 1. The van der Waals surface area contributed by atoms with Crippen molar-refractivity contribution in [2.75, 3.05) is 31.2 Å². The van der Waals surface area contributed by atoms with E-state index in [4.69, 9.17) is 4.74 Å². The lowest BCUT2D eigenvalue weighted by molar-refractivity contribution is -0.123. The zero-order chi connectivity index (χ0) is 22.8. The van der Waals surface area contributed by atoms with Gasteiger partial charge in [0.15, 0.2) is 14.6 Å². The first kappa shape index (κ1) is 22.7. The second kappa shape index (κ2) is 9.19. The van der Waals surface area contributed by atoms with Crippen molar-refractivity contribution in [3.05, 3.63) is 53.2 Å². The van der Waals surface area contributed by atoms with Gasteiger partial charge in [0.2, 0.25) is 5.91 Å². The first-order valence-corrected chi connectivity index (χ1v) is 12.7. The molecule has 8 heteroatoms. The quantitative estimate of drug-likeness (QED) is 0.718. The molecule has 2 fully saturated rings. The fourth-order valence-corrected chi connectivity index (χ4v) is 7.05. The van der Waals surface area contributed by atoms with Gasteiger partial charge in [-0.15, -0.1) is 0 Å². The van der Waals surface area contributed by atoms with Crippen LogP contribution in [0.25, 0.3) is 0 Å². The van der Waals surface area contributed by atoms with E-state index in [-0.39, 0.29) is 11.4 Å². The summed E-state index contributed by atoms with van der Waals surface area (Å²) in [5, 5.41) is 2.93. The van der Waals surface area contributed by atoms with E-state index >= 15 is 0 Å². The minimum atomic E-state index is -3.83. The van der Waals surface area contributed by atoms with E-state index < -0.39 is 20.5 Å². The third-order valence-electron chi connectivity index (χ3n) is 6.57. The predicted molar refractivity (Wildman–Crippen MR) is 123 cm³/mol. The molecule has 1 amide bonds. The molecule has 4 rings (SSSR count). The molecule has 1 aromatic heterocycles. The molecule has 2 aromatic rings. The summed E-state index contributed by atoms with van der Waals surface area (Å²) in [6, 6.07) is 9.20. The zero-order valence-electron chi connectivity index (χ0n) is 18.8. The third kappa shape index (κ3) is 4.26. The molecular formula is C24H31N3O4S. The molecule has 1 saturated carbocycles. The van der Waals surface area contributed by atoms with Gasteiger partial charge in [0, 0.05) is 25.8 Å². The number of carbonyl (C=O) groups excluding carboxylic acids is 1. The number of pyridine rings is 1. The Kier molecular flexibility index (Phi) is 6.53. The number of sulfone groups is 1. The normalized spacial score (nSPS) is 18.5. The summed E-state index contributed by atoms with van der Waals surface area (Å²) >= 11 is 0. The highest BCUT2D eigenvalue weighted by Gasteiger charge is 2.53. The summed E-state index contributed by atoms with van der Waals surface area (Å²) in [4.78, 5) is 20.3. The zero-order valence-corrected chi connectivity index (χ0v) is 19.6. The summed E-state index contributed by atoms with van der Waals surface area (Å²) in [7, 11) is -3.83. The maximum absolute atomic E-state index is 13.8. The van der Waals surface area contributed by atoms with E-state index in [9.17, 15) is 13.2 Å². The van der Waals surface area contributed by atoms with Crippen molar-refractivity contribution < 1.29 is 17.9 Å². The van der Waals surface area contributed by atoms with Gasteiger partial charge in [0.25, 0.3) is 0 Å². The number of aromatic nitrogens is 1. The van der Waals surface area contributed by atoms with Crippen LogP contribution in [-0.2, 0) is 25.9 Å². The van der Waals surface area contributed by atoms with Crippen LogP contribution in [0.2, 0.25) is 0 Å². The number of morpholine rings is 1. The summed E-state index contributed by atoms with van der Waals surface area (Å²) in [5.41, 5.74) is 2.45. The number of carbonyl (C=O) groups is 1. The predicted octanol–water partition coefficient (Wildman–Crippen LogP) is 2.94. The van der Waals surface area contributed by atoms with Crippen molar-refractivity contribution in [2.24, 2.45) is 0 Å². The number of hydrogen-bond acceptors (Lipinski definition) is 6. The van der Waals surface area contributed by atoms with Gasteiger partial charge >= 0.3 is 0 Å². The molecule has 0 unspecified atom stereocenters. The van der Waals surface area contributed by atoms with Crippen molar-refractivity contribution in [3.8, 4) is 0 Å². The van der Waals surface area contributed by atoms with Gasteiger partial charge < -0.3 is 15.0 Å². The number of benzene rings is 1. The Morgan fingerprint density at radius 2 is 1.84 bits per heavy atom. The molecule has 1 saturated heterocycles. The van der Waals surface area contributed by atoms with Gasteiger partial charge in [-0.05, 0) is 61.6 Å². The lowest BCUT2D eigenvalue weighted by atomic mass is 10.1. The SMILES string of the molecule is Cc1ccc(C)c(S(=O)(=O)C2(C(=O)NCc3ccnc(N4CCOCC4)c3)CCCC2)c1. The molecule has 32 heavy (non-hydrogen) atoms. The lowest BCUT2D eigenvalue weighted by Crippen LogP contribution is -2.50. The maximum Gasteiger partial charge on any atom is 0.242 e. The molecule has 172 valence electrons. The largest absolute Gasteiger partial charge is 0.378 e. The molecule has 7 nitrogen and oxygen atoms in total. The number of anilines is 1. The van der Waals surface area contributed by atoms with Gasteiger partial charge in [-0.2, -0.15) is 0 Å². The fourth-order valence-electron chi connectivity index (χ4n) is 4.65. The van der Waals surface area contributed by atoms with Crippen LogP contribution >= 0.6 is 0 Å². The number of aryl methyl sites for hydroxylation is 2. The number of nitrogens with one attached hydrogen (secondary N) is 1. The molecule has 1 aliphatic heterocycles. The monoisotopic (exact) mass is 457 g/mol. The fraction of sp³-hybridized carbons (Fsp3) is 0.500. The van der Waals surface area contributed by atoms with E-state index in [1.54, 1.807) is 19.2 Å². The molecule has 0 spiro atoms. The van der Waals surface area contributed by atoms with Gasteiger partial charge in [0.05, 0.1) is 18.1 Å². The number of amides is 1. The Bertz CT molecular complexity index is 1090. The van der Waals surface area contributed by atoms with Crippen LogP contribution in [-0.4, -0.2) is 50.4 Å². The molecule has 0 bridgehead atoms. The Labute approximate surface area is 190 Å². The highest BCUT2D eigenvalue weighted by Crippen LogP contribution is 2.41. The third-order valence-corrected chi connectivity index (χ3v) is 9.21. The van der Waals surface area contributed by atoms with Crippen LogP contribution in [0.4, 0.5) is 5.82 Å². The van der Waals surface area contributed by atoms with Gasteiger partial charge in [-0.1, -0.05) is 25.0 Å². The molecule has 1 aliphatic carbocycles.